The van der Waals surface area contributed by atoms with E-state index in [1.165, 1.54) is 17.3 Å². The zero-order valence-electron chi connectivity index (χ0n) is 14.3. The van der Waals surface area contributed by atoms with Gasteiger partial charge in [-0.1, -0.05) is 6.92 Å². The highest BCUT2D eigenvalue weighted by Gasteiger charge is 2.52. The van der Waals surface area contributed by atoms with Crippen molar-refractivity contribution in [3.05, 3.63) is 12.7 Å². The lowest BCUT2D eigenvalue weighted by molar-refractivity contribution is -0.134. The zero-order valence-corrected chi connectivity index (χ0v) is 14.3. The number of rotatable bonds is 5. The van der Waals surface area contributed by atoms with Crippen LogP contribution in [0, 0.1) is 11.8 Å². The van der Waals surface area contributed by atoms with Crippen LogP contribution in [0.15, 0.2) is 12.7 Å². The Morgan fingerprint density at radius 3 is 2.76 bits per heavy atom. The monoisotopic (exact) mass is 361 g/mol. The summed E-state index contributed by atoms with van der Waals surface area (Å²) < 4.78 is 44.1. The SMILES string of the molecule is CC(C1NCNCC1F)C(O)(Cn1cncn1)C1CCC(F)CC1F. The summed E-state index contributed by atoms with van der Waals surface area (Å²) in [5, 5.41) is 21.5. The highest BCUT2D eigenvalue weighted by molar-refractivity contribution is 5.03. The van der Waals surface area contributed by atoms with Crippen LogP contribution in [-0.2, 0) is 6.54 Å². The highest BCUT2D eigenvalue weighted by atomic mass is 19.1. The molecule has 0 amide bonds. The fourth-order valence-electron chi connectivity index (χ4n) is 4.26. The third kappa shape index (κ3) is 3.83. The van der Waals surface area contributed by atoms with Gasteiger partial charge in [0.1, 0.15) is 31.2 Å². The molecule has 6 nitrogen and oxygen atoms in total. The minimum absolute atomic E-state index is 0.00542. The standard InChI is InChI=1S/C16H26F3N5O/c1-10(15-14(19)5-20-7-22-15)16(25,6-24-9-21-8-23-24)12-3-2-11(17)4-13(12)18/h8-15,20,22,25H,2-7H2,1H3. The molecule has 7 atom stereocenters. The van der Waals surface area contributed by atoms with E-state index in [-0.39, 0.29) is 32.4 Å². The smallest absolute Gasteiger partial charge is 0.137 e. The first-order chi connectivity index (χ1) is 11.9. The van der Waals surface area contributed by atoms with Gasteiger partial charge in [-0.2, -0.15) is 5.10 Å². The van der Waals surface area contributed by atoms with Crippen LogP contribution in [0.4, 0.5) is 13.2 Å². The second-order valence-corrected chi connectivity index (χ2v) is 7.28. The van der Waals surface area contributed by atoms with E-state index in [1.807, 2.05) is 0 Å². The summed E-state index contributed by atoms with van der Waals surface area (Å²) in [5.41, 5.74) is -1.56. The van der Waals surface area contributed by atoms with Gasteiger partial charge in [0.15, 0.2) is 0 Å². The summed E-state index contributed by atoms with van der Waals surface area (Å²) >= 11 is 0. The quantitative estimate of drug-likeness (QED) is 0.729. The van der Waals surface area contributed by atoms with Gasteiger partial charge in [-0.05, 0) is 12.8 Å². The molecule has 3 rings (SSSR count). The molecular formula is C16H26F3N5O. The summed E-state index contributed by atoms with van der Waals surface area (Å²) in [6, 6.07) is -0.620. The Balaban J connectivity index is 1.87. The van der Waals surface area contributed by atoms with Gasteiger partial charge < -0.3 is 10.4 Å². The van der Waals surface area contributed by atoms with Gasteiger partial charge in [0.25, 0.3) is 0 Å². The van der Waals surface area contributed by atoms with E-state index >= 15 is 0 Å². The van der Waals surface area contributed by atoms with Gasteiger partial charge in [-0.25, -0.2) is 18.2 Å². The van der Waals surface area contributed by atoms with Gasteiger partial charge in [-0.15, -0.1) is 0 Å². The Labute approximate surface area is 145 Å². The van der Waals surface area contributed by atoms with Crippen molar-refractivity contribution in [3.8, 4) is 0 Å². The molecule has 25 heavy (non-hydrogen) atoms. The van der Waals surface area contributed by atoms with Crippen LogP contribution in [0.25, 0.3) is 0 Å². The summed E-state index contributed by atoms with van der Waals surface area (Å²) in [5.74, 6) is -1.37. The molecule has 1 aromatic heterocycles. The van der Waals surface area contributed by atoms with Crippen molar-refractivity contribution < 1.29 is 18.3 Å². The van der Waals surface area contributed by atoms with E-state index in [9.17, 15) is 18.3 Å². The number of nitrogens with zero attached hydrogens (tertiary/aromatic N) is 3. The molecule has 0 bridgehead atoms. The molecule has 7 unspecified atom stereocenters. The van der Waals surface area contributed by atoms with Crippen molar-refractivity contribution in [2.24, 2.45) is 11.8 Å². The summed E-state index contributed by atoms with van der Waals surface area (Å²) in [7, 11) is 0. The molecule has 0 aromatic carbocycles. The Morgan fingerprint density at radius 1 is 1.32 bits per heavy atom. The maximum atomic E-state index is 14.7. The van der Waals surface area contributed by atoms with Crippen LogP contribution in [0.2, 0.25) is 0 Å². The predicted molar refractivity (Wildman–Crippen MR) is 86.0 cm³/mol. The molecular weight excluding hydrogens is 335 g/mol. The predicted octanol–water partition coefficient (Wildman–Crippen LogP) is 0.979. The highest BCUT2D eigenvalue weighted by Crippen LogP contribution is 2.42. The Bertz CT molecular complexity index is 548. The second kappa shape index (κ2) is 7.59. The maximum Gasteiger partial charge on any atom is 0.137 e. The van der Waals surface area contributed by atoms with Gasteiger partial charge in [0.2, 0.25) is 0 Å². The van der Waals surface area contributed by atoms with Crippen molar-refractivity contribution in [3.63, 3.8) is 0 Å². The Morgan fingerprint density at radius 2 is 2.12 bits per heavy atom. The van der Waals surface area contributed by atoms with Crippen LogP contribution in [0.1, 0.15) is 26.2 Å². The number of alkyl halides is 3. The lowest BCUT2D eigenvalue weighted by Crippen LogP contribution is -2.64. The molecule has 9 heteroatoms. The largest absolute Gasteiger partial charge is 0.387 e. The molecule has 1 aliphatic carbocycles. The van der Waals surface area contributed by atoms with Crippen molar-refractivity contribution >= 4 is 0 Å². The van der Waals surface area contributed by atoms with Crippen molar-refractivity contribution in [2.45, 2.75) is 62.9 Å². The normalized spacial score (nSPS) is 37.4. The number of aliphatic hydroxyl groups is 1. The Kier molecular flexibility index (Phi) is 5.65. The lowest BCUT2D eigenvalue weighted by Gasteiger charge is -2.48. The van der Waals surface area contributed by atoms with Crippen LogP contribution < -0.4 is 10.6 Å². The summed E-state index contributed by atoms with van der Waals surface area (Å²) in [6.07, 6.45) is -0.901. The second-order valence-electron chi connectivity index (χ2n) is 7.28. The Hall–Kier alpha value is -1.19. The molecule has 1 aliphatic heterocycles. The van der Waals surface area contributed by atoms with E-state index in [4.69, 9.17) is 0 Å². The lowest BCUT2D eigenvalue weighted by atomic mass is 9.67. The number of nitrogens with one attached hydrogen (secondary N) is 2. The number of hydrogen-bond acceptors (Lipinski definition) is 5. The van der Waals surface area contributed by atoms with E-state index in [0.717, 1.165) is 0 Å². The molecule has 142 valence electrons. The molecule has 1 saturated carbocycles. The minimum atomic E-state index is -1.56. The molecule has 1 saturated heterocycles. The average molecular weight is 361 g/mol. The third-order valence-corrected chi connectivity index (χ3v) is 5.75. The topological polar surface area (TPSA) is 75.0 Å². The minimum Gasteiger partial charge on any atom is -0.387 e. The molecule has 1 aromatic rings. The first-order valence-corrected chi connectivity index (χ1v) is 8.83. The van der Waals surface area contributed by atoms with Gasteiger partial charge in [0.05, 0.1) is 12.1 Å². The van der Waals surface area contributed by atoms with Crippen molar-refractivity contribution in [1.29, 1.82) is 0 Å². The van der Waals surface area contributed by atoms with E-state index in [0.29, 0.717) is 6.67 Å². The number of aromatic nitrogens is 3. The number of hydrogen-bond donors (Lipinski definition) is 3. The van der Waals surface area contributed by atoms with Gasteiger partial charge >= 0.3 is 0 Å². The molecule has 0 radical (unpaired) electrons. The molecule has 2 heterocycles. The van der Waals surface area contributed by atoms with E-state index in [1.54, 1.807) is 6.92 Å². The summed E-state index contributed by atoms with van der Waals surface area (Å²) in [4.78, 5) is 3.86. The molecule has 2 aliphatic rings. The van der Waals surface area contributed by atoms with Gasteiger partial charge in [-0.3, -0.25) is 10.00 Å². The van der Waals surface area contributed by atoms with E-state index in [2.05, 4.69) is 20.7 Å². The summed E-state index contributed by atoms with van der Waals surface area (Å²) in [6.45, 7) is 2.32. The third-order valence-electron chi connectivity index (χ3n) is 5.75. The van der Waals surface area contributed by atoms with Crippen LogP contribution >= 0.6 is 0 Å². The first kappa shape index (κ1) is 18.6. The fourth-order valence-corrected chi connectivity index (χ4v) is 4.26. The number of halogens is 3. The van der Waals surface area contributed by atoms with Crippen LogP contribution in [0.3, 0.4) is 0 Å². The maximum absolute atomic E-state index is 14.7. The van der Waals surface area contributed by atoms with Crippen LogP contribution in [0.5, 0.6) is 0 Å². The molecule has 0 spiro atoms. The molecule has 3 N–H and O–H groups in total. The first-order valence-electron chi connectivity index (χ1n) is 8.83. The van der Waals surface area contributed by atoms with Crippen LogP contribution in [-0.4, -0.2) is 63.2 Å². The van der Waals surface area contributed by atoms with Crippen molar-refractivity contribution in [2.75, 3.05) is 13.2 Å². The fraction of sp³-hybridized carbons (Fsp3) is 0.875. The van der Waals surface area contributed by atoms with Crippen molar-refractivity contribution in [1.82, 2.24) is 25.4 Å². The average Bonchev–Trinajstić information content (AvgIpc) is 3.07. The zero-order chi connectivity index (χ0) is 18.0. The van der Waals surface area contributed by atoms with Gasteiger partial charge in [0, 0.05) is 37.5 Å². The van der Waals surface area contributed by atoms with E-state index < -0.39 is 42.0 Å². The molecule has 2 fully saturated rings.